The quantitative estimate of drug-likeness (QED) is 0.820. The largest absolute Gasteiger partial charge is 0.341 e. The van der Waals surface area contributed by atoms with E-state index < -0.39 is 0 Å². The first-order valence-corrected chi connectivity index (χ1v) is 7.09. The van der Waals surface area contributed by atoms with Gasteiger partial charge in [0.05, 0.1) is 6.04 Å². The van der Waals surface area contributed by atoms with Gasteiger partial charge in [0, 0.05) is 13.1 Å². The van der Waals surface area contributed by atoms with Crippen molar-refractivity contribution < 1.29 is 4.79 Å². The average molecular weight is 240 g/mol. The van der Waals surface area contributed by atoms with Gasteiger partial charge >= 0.3 is 0 Å². The summed E-state index contributed by atoms with van der Waals surface area (Å²) in [4.78, 5) is 14.2. The van der Waals surface area contributed by atoms with E-state index in [4.69, 9.17) is 5.73 Å². The van der Waals surface area contributed by atoms with Crippen LogP contribution in [0.5, 0.6) is 0 Å². The third-order valence-corrected chi connectivity index (χ3v) is 3.78. The van der Waals surface area contributed by atoms with Gasteiger partial charge < -0.3 is 10.6 Å². The molecule has 1 rings (SSSR count). The molecule has 3 nitrogen and oxygen atoms in total. The van der Waals surface area contributed by atoms with Crippen LogP contribution in [0.3, 0.4) is 0 Å². The molecule has 17 heavy (non-hydrogen) atoms. The number of nitrogens with zero attached hydrogens (tertiary/aromatic N) is 1. The lowest BCUT2D eigenvalue weighted by molar-refractivity contribution is -0.132. The van der Waals surface area contributed by atoms with Gasteiger partial charge in [-0.1, -0.05) is 27.2 Å². The number of nitrogens with two attached hydrogens (primary N) is 1. The molecule has 0 aliphatic carbocycles. The minimum atomic E-state index is -0.298. The van der Waals surface area contributed by atoms with Gasteiger partial charge in [0.1, 0.15) is 0 Å². The maximum atomic E-state index is 12.2. The first-order chi connectivity index (χ1) is 8.04. The van der Waals surface area contributed by atoms with Gasteiger partial charge in [-0.15, -0.1) is 0 Å². The van der Waals surface area contributed by atoms with Crippen molar-refractivity contribution in [2.24, 2.45) is 17.6 Å². The van der Waals surface area contributed by atoms with Crippen molar-refractivity contribution in [3.05, 3.63) is 0 Å². The number of rotatable bonds is 4. The van der Waals surface area contributed by atoms with Gasteiger partial charge in [-0.25, -0.2) is 0 Å². The minimum Gasteiger partial charge on any atom is -0.341 e. The maximum absolute atomic E-state index is 12.2. The molecule has 1 saturated heterocycles. The number of hydrogen-bond acceptors (Lipinski definition) is 2. The van der Waals surface area contributed by atoms with E-state index in [0.717, 1.165) is 38.3 Å². The van der Waals surface area contributed by atoms with Crippen LogP contribution < -0.4 is 5.73 Å². The fourth-order valence-corrected chi connectivity index (χ4v) is 2.64. The van der Waals surface area contributed by atoms with Crippen LogP contribution in [0.1, 0.15) is 52.9 Å². The smallest absolute Gasteiger partial charge is 0.239 e. The monoisotopic (exact) mass is 240 g/mol. The molecular weight excluding hydrogens is 212 g/mol. The number of carbonyl (C=O) groups is 1. The van der Waals surface area contributed by atoms with E-state index in [1.165, 1.54) is 12.8 Å². The van der Waals surface area contributed by atoms with E-state index >= 15 is 0 Å². The summed E-state index contributed by atoms with van der Waals surface area (Å²) in [5, 5.41) is 0. The molecule has 0 aromatic carbocycles. The second-order valence-corrected chi connectivity index (χ2v) is 5.77. The number of carbonyl (C=O) groups excluding carboxylic acids is 1. The predicted molar refractivity (Wildman–Crippen MR) is 71.6 cm³/mol. The highest BCUT2D eigenvalue weighted by molar-refractivity contribution is 5.81. The highest BCUT2D eigenvalue weighted by Crippen LogP contribution is 2.20. The van der Waals surface area contributed by atoms with Crippen LogP contribution in [0.15, 0.2) is 0 Å². The molecule has 1 fully saturated rings. The molecule has 100 valence electrons. The van der Waals surface area contributed by atoms with Gasteiger partial charge in [0.25, 0.3) is 0 Å². The molecular formula is C14H28N2O. The van der Waals surface area contributed by atoms with Crippen molar-refractivity contribution in [1.29, 1.82) is 0 Å². The Bertz CT molecular complexity index is 240. The summed E-state index contributed by atoms with van der Waals surface area (Å²) in [5.41, 5.74) is 5.98. The van der Waals surface area contributed by atoms with E-state index in [2.05, 4.69) is 20.8 Å². The Morgan fingerprint density at radius 1 is 1.35 bits per heavy atom. The van der Waals surface area contributed by atoms with Gasteiger partial charge in [0.2, 0.25) is 5.91 Å². The zero-order chi connectivity index (χ0) is 12.8. The summed E-state index contributed by atoms with van der Waals surface area (Å²) >= 11 is 0. The molecule has 3 heteroatoms. The second-order valence-electron chi connectivity index (χ2n) is 5.77. The highest BCUT2D eigenvalue weighted by atomic mass is 16.2. The van der Waals surface area contributed by atoms with Gasteiger partial charge in [-0.2, -0.15) is 0 Å². The Kier molecular flexibility index (Phi) is 5.96. The summed E-state index contributed by atoms with van der Waals surface area (Å²) in [7, 11) is 0. The lowest BCUT2D eigenvalue weighted by Gasteiger charge is -2.25. The first kappa shape index (κ1) is 14.5. The van der Waals surface area contributed by atoms with Crippen molar-refractivity contribution in [3.8, 4) is 0 Å². The zero-order valence-corrected chi connectivity index (χ0v) is 11.6. The Morgan fingerprint density at radius 2 is 2.06 bits per heavy atom. The molecule has 0 radical (unpaired) electrons. The molecule has 2 atom stereocenters. The third-order valence-electron chi connectivity index (χ3n) is 3.78. The van der Waals surface area contributed by atoms with E-state index in [1.54, 1.807) is 0 Å². The third kappa shape index (κ3) is 4.66. The van der Waals surface area contributed by atoms with Crippen LogP contribution in [0.2, 0.25) is 0 Å². The van der Waals surface area contributed by atoms with Crippen LogP contribution in [-0.2, 0) is 4.79 Å². The highest BCUT2D eigenvalue weighted by Gasteiger charge is 2.24. The van der Waals surface area contributed by atoms with Gasteiger partial charge in [-0.05, 0) is 37.5 Å². The second kappa shape index (κ2) is 7.00. The van der Waals surface area contributed by atoms with Crippen LogP contribution in [0.25, 0.3) is 0 Å². The number of hydrogen-bond donors (Lipinski definition) is 1. The Labute approximate surface area is 106 Å². The summed E-state index contributed by atoms with van der Waals surface area (Å²) in [6.45, 7) is 8.28. The van der Waals surface area contributed by atoms with Crippen molar-refractivity contribution in [2.75, 3.05) is 13.1 Å². The van der Waals surface area contributed by atoms with Gasteiger partial charge in [-0.3, -0.25) is 4.79 Å². The minimum absolute atomic E-state index is 0.162. The lowest BCUT2D eigenvalue weighted by Crippen LogP contribution is -2.44. The molecule has 2 unspecified atom stereocenters. The molecule has 1 aliphatic heterocycles. The number of likely N-dealkylation sites (tertiary alicyclic amines) is 1. The zero-order valence-electron chi connectivity index (χ0n) is 11.6. The van der Waals surface area contributed by atoms with E-state index in [9.17, 15) is 4.79 Å². The van der Waals surface area contributed by atoms with E-state index in [-0.39, 0.29) is 11.9 Å². The van der Waals surface area contributed by atoms with Crippen LogP contribution in [0, 0.1) is 11.8 Å². The van der Waals surface area contributed by atoms with Crippen molar-refractivity contribution in [1.82, 2.24) is 4.90 Å². The fraction of sp³-hybridized carbons (Fsp3) is 0.929. The molecule has 1 amide bonds. The number of amides is 1. The van der Waals surface area contributed by atoms with E-state index in [0.29, 0.717) is 5.92 Å². The maximum Gasteiger partial charge on any atom is 0.239 e. The summed E-state index contributed by atoms with van der Waals surface area (Å²) < 4.78 is 0. The van der Waals surface area contributed by atoms with Crippen molar-refractivity contribution in [3.63, 3.8) is 0 Å². The molecule has 0 aromatic rings. The molecule has 0 bridgehead atoms. The fourth-order valence-electron chi connectivity index (χ4n) is 2.64. The molecule has 0 spiro atoms. The van der Waals surface area contributed by atoms with Crippen molar-refractivity contribution >= 4 is 5.91 Å². The molecule has 2 N–H and O–H groups in total. The molecule has 0 saturated carbocycles. The summed E-state index contributed by atoms with van der Waals surface area (Å²) in [6, 6.07) is -0.298. The molecule has 1 aliphatic rings. The normalized spacial score (nSPS) is 23.6. The SMILES string of the molecule is CCC1CCCN(C(=O)C(N)CC(C)C)CC1. The average Bonchev–Trinajstić information content (AvgIpc) is 2.52. The van der Waals surface area contributed by atoms with Crippen molar-refractivity contribution in [2.45, 2.75) is 58.9 Å². The van der Waals surface area contributed by atoms with Crippen LogP contribution in [0.4, 0.5) is 0 Å². The standard InChI is InChI=1S/C14H28N2O/c1-4-12-6-5-8-16(9-7-12)14(17)13(15)10-11(2)3/h11-13H,4-10,15H2,1-3H3. The summed E-state index contributed by atoms with van der Waals surface area (Å²) in [6.07, 6.45) is 5.58. The Morgan fingerprint density at radius 3 is 2.65 bits per heavy atom. The van der Waals surface area contributed by atoms with Crippen LogP contribution in [-0.4, -0.2) is 29.9 Å². The predicted octanol–water partition coefficient (Wildman–Crippen LogP) is 2.40. The Balaban J connectivity index is 2.46. The summed E-state index contributed by atoms with van der Waals surface area (Å²) in [5.74, 6) is 1.45. The molecule has 0 aromatic heterocycles. The Hall–Kier alpha value is -0.570. The molecule has 1 heterocycles. The lowest BCUT2D eigenvalue weighted by atomic mass is 9.98. The van der Waals surface area contributed by atoms with Crippen LogP contribution >= 0.6 is 0 Å². The first-order valence-electron chi connectivity index (χ1n) is 7.09. The topological polar surface area (TPSA) is 46.3 Å². The van der Waals surface area contributed by atoms with E-state index in [1.807, 2.05) is 4.90 Å². The van der Waals surface area contributed by atoms with Gasteiger partial charge in [0.15, 0.2) is 0 Å².